The number of anilines is 2. The van der Waals surface area contributed by atoms with Crippen LogP contribution < -0.4 is 24.0 Å². The molecule has 7 heteroatoms. The van der Waals surface area contributed by atoms with Gasteiger partial charge < -0.3 is 14.2 Å². The van der Waals surface area contributed by atoms with Crippen LogP contribution in [0.3, 0.4) is 0 Å². The molecule has 4 rings (SSSR count). The van der Waals surface area contributed by atoms with Crippen molar-refractivity contribution in [3.05, 3.63) is 77.9 Å². The highest BCUT2D eigenvalue weighted by Gasteiger charge is 2.42. The summed E-state index contributed by atoms with van der Waals surface area (Å²) >= 11 is 0. The monoisotopic (exact) mass is 446 g/mol. The maximum absolute atomic E-state index is 13.9. The molecule has 1 aliphatic heterocycles. The quantitative estimate of drug-likeness (QED) is 0.569. The molecule has 0 bridgehead atoms. The number of carbonyl (C=O) groups excluding carboxylic acids is 2. The summed E-state index contributed by atoms with van der Waals surface area (Å²) in [6.45, 7) is 1.87. The summed E-state index contributed by atoms with van der Waals surface area (Å²) in [5, 5.41) is 0. The summed E-state index contributed by atoms with van der Waals surface area (Å²) in [6.07, 6.45) is 0. The van der Waals surface area contributed by atoms with E-state index in [-0.39, 0.29) is 18.4 Å². The van der Waals surface area contributed by atoms with E-state index in [9.17, 15) is 9.59 Å². The van der Waals surface area contributed by atoms with E-state index < -0.39 is 6.04 Å². The van der Waals surface area contributed by atoms with Crippen LogP contribution in [0.15, 0.2) is 66.7 Å². The Labute approximate surface area is 193 Å². The Hall–Kier alpha value is -4.00. The number of nitrogens with zero attached hydrogens (tertiary/aromatic N) is 2. The molecule has 1 aliphatic rings. The minimum Gasteiger partial charge on any atom is -0.497 e. The summed E-state index contributed by atoms with van der Waals surface area (Å²) in [5.74, 6) is 1.29. The SMILES string of the molecule is COc1ccc(C2C(=O)N(c3ccc(OC)cc3OC)CC(=O)N2c2ccc(C)cc2)cc1. The molecule has 1 fully saturated rings. The summed E-state index contributed by atoms with van der Waals surface area (Å²) in [4.78, 5) is 30.4. The van der Waals surface area contributed by atoms with Crippen LogP contribution in [0.4, 0.5) is 11.4 Å². The number of aryl methyl sites for hydroxylation is 1. The van der Waals surface area contributed by atoms with Crippen LogP contribution in [0.2, 0.25) is 0 Å². The Kier molecular flexibility index (Phi) is 6.22. The van der Waals surface area contributed by atoms with Gasteiger partial charge in [-0.05, 0) is 48.9 Å². The zero-order valence-corrected chi connectivity index (χ0v) is 19.1. The minimum atomic E-state index is -0.841. The lowest BCUT2D eigenvalue weighted by Crippen LogP contribution is -2.56. The van der Waals surface area contributed by atoms with Gasteiger partial charge in [0.2, 0.25) is 5.91 Å². The fourth-order valence-electron chi connectivity index (χ4n) is 3.98. The van der Waals surface area contributed by atoms with Crippen molar-refractivity contribution in [1.29, 1.82) is 0 Å². The zero-order chi connectivity index (χ0) is 23.5. The van der Waals surface area contributed by atoms with Gasteiger partial charge in [0, 0.05) is 11.8 Å². The largest absolute Gasteiger partial charge is 0.497 e. The number of amides is 2. The van der Waals surface area contributed by atoms with E-state index in [1.807, 2.05) is 43.3 Å². The highest BCUT2D eigenvalue weighted by atomic mass is 16.5. The van der Waals surface area contributed by atoms with Crippen molar-refractivity contribution in [3.63, 3.8) is 0 Å². The van der Waals surface area contributed by atoms with Crippen molar-refractivity contribution < 1.29 is 23.8 Å². The maximum atomic E-state index is 13.9. The number of carbonyl (C=O) groups is 2. The van der Waals surface area contributed by atoms with Crippen molar-refractivity contribution in [3.8, 4) is 17.2 Å². The lowest BCUT2D eigenvalue weighted by atomic mass is 9.99. The van der Waals surface area contributed by atoms with Crippen LogP contribution in [0.25, 0.3) is 0 Å². The van der Waals surface area contributed by atoms with Gasteiger partial charge in [-0.3, -0.25) is 19.4 Å². The van der Waals surface area contributed by atoms with Crippen LogP contribution in [0.1, 0.15) is 17.2 Å². The van der Waals surface area contributed by atoms with Crippen LogP contribution in [0.5, 0.6) is 17.2 Å². The molecule has 0 spiro atoms. The van der Waals surface area contributed by atoms with E-state index in [1.165, 1.54) is 12.0 Å². The number of rotatable bonds is 6. The topological polar surface area (TPSA) is 68.3 Å². The third-order valence-electron chi connectivity index (χ3n) is 5.74. The van der Waals surface area contributed by atoms with Gasteiger partial charge >= 0.3 is 0 Å². The fraction of sp³-hybridized carbons (Fsp3) is 0.231. The van der Waals surface area contributed by atoms with Crippen LogP contribution in [-0.2, 0) is 9.59 Å². The molecule has 1 atom stereocenters. The maximum Gasteiger partial charge on any atom is 0.255 e. The van der Waals surface area contributed by atoms with E-state index in [4.69, 9.17) is 14.2 Å². The van der Waals surface area contributed by atoms with E-state index in [0.29, 0.717) is 34.2 Å². The average Bonchev–Trinajstić information content (AvgIpc) is 2.85. The van der Waals surface area contributed by atoms with Gasteiger partial charge in [0.15, 0.2) is 0 Å². The molecular formula is C26H26N2O5. The van der Waals surface area contributed by atoms with Gasteiger partial charge in [-0.2, -0.15) is 0 Å². The first-order valence-electron chi connectivity index (χ1n) is 10.5. The molecule has 1 saturated heterocycles. The molecule has 3 aromatic carbocycles. The van der Waals surface area contributed by atoms with Gasteiger partial charge in [-0.15, -0.1) is 0 Å². The summed E-state index contributed by atoms with van der Waals surface area (Å²) < 4.78 is 16.0. The first-order chi connectivity index (χ1) is 16.0. The summed E-state index contributed by atoms with van der Waals surface area (Å²) in [5.41, 5.74) is 2.94. The second kappa shape index (κ2) is 9.24. The molecule has 0 aromatic heterocycles. The first kappa shape index (κ1) is 22.2. The smallest absolute Gasteiger partial charge is 0.255 e. The third kappa shape index (κ3) is 4.22. The zero-order valence-electron chi connectivity index (χ0n) is 19.1. The van der Waals surface area contributed by atoms with Gasteiger partial charge in [0.05, 0.1) is 27.0 Å². The third-order valence-corrected chi connectivity index (χ3v) is 5.74. The number of methoxy groups -OCH3 is 3. The molecule has 33 heavy (non-hydrogen) atoms. The fourth-order valence-corrected chi connectivity index (χ4v) is 3.98. The molecule has 2 amide bonds. The van der Waals surface area contributed by atoms with Crippen LogP contribution in [0, 0.1) is 6.92 Å². The highest BCUT2D eigenvalue weighted by Crippen LogP contribution is 2.39. The average molecular weight is 447 g/mol. The Morgan fingerprint density at radius 1 is 0.788 bits per heavy atom. The van der Waals surface area contributed by atoms with Crippen molar-refractivity contribution in [2.24, 2.45) is 0 Å². The first-order valence-corrected chi connectivity index (χ1v) is 10.5. The highest BCUT2D eigenvalue weighted by molar-refractivity contribution is 6.15. The van der Waals surface area contributed by atoms with Crippen molar-refractivity contribution in [2.75, 3.05) is 37.7 Å². The second-order valence-electron chi connectivity index (χ2n) is 7.74. The van der Waals surface area contributed by atoms with Gasteiger partial charge in [0.1, 0.15) is 29.8 Å². The van der Waals surface area contributed by atoms with E-state index in [2.05, 4.69) is 0 Å². The predicted molar refractivity (Wildman–Crippen MR) is 126 cm³/mol. The Morgan fingerprint density at radius 2 is 1.42 bits per heavy atom. The molecule has 0 radical (unpaired) electrons. The van der Waals surface area contributed by atoms with Crippen molar-refractivity contribution in [1.82, 2.24) is 0 Å². The standard InChI is InChI=1S/C26H26N2O5/c1-17-5-9-19(10-6-17)28-24(29)16-27(22-14-13-21(32-3)15-23(22)33-4)26(30)25(28)18-7-11-20(31-2)12-8-18/h5-15,25H,16H2,1-4H3. The summed E-state index contributed by atoms with van der Waals surface area (Å²) in [6, 6.07) is 19.1. The van der Waals surface area contributed by atoms with E-state index in [0.717, 1.165) is 5.56 Å². The Morgan fingerprint density at radius 3 is 2.03 bits per heavy atom. The predicted octanol–water partition coefficient (Wildman–Crippen LogP) is 4.14. The molecule has 3 aromatic rings. The molecule has 0 saturated carbocycles. The molecule has 7 nitrogen and oxygen atoms in total. The van der Waals surface area contributed by atoms with Crippen molar-refractivity contribution in [2.45, 2.75) is 13.0 Å². The number of hydrogen-bond acceptors (Lipinski definition) is 5. The van der Waals surface area contributed by atoms with E-state index in [1.54, 1.807) is 49.5 Å². The number of ether oxygens (including phenoxy) is 3. The minimum absolute atomic E-state index is 0.109. The molecule has 1 heterocycles. The van der Waals surface area contributed by atoms with Gasteiger partial charge in [-0.1, -0.05) is 29.8 Å². The molecule has 170 valence electrons. The summed E-state index contributed by atoms with van der Waals surface area (Å²) in [7, 11) is 4.66. The number of benzene rings is 3. The Bertz CT molecular complexity index is 1160. The van der Waals surface area contributed by atoms with Crippen molar-refractivity contribution >= 4 is 23.2 Å². The molecule has 1 unspecified atom stereocenters. The number of hydrogen-bond donors (Lipinski definition) is 0. The lowest BCUT2D eigenvalue weighted by molar-refractivity contribution is -0.128. The second-order valence-corrected chi connectivity index (χ2v) is 7.74. The number of piperazine rings is 1. The Balaban J connectivity index is 1.81. The van der Waals surface area contributed by atoms with E-state index >= 15 is 0 Å². The molecular weight excluding hydrogens is 420 g/mol. The molecule has 0 N–H and O–H groups in total. The lowest BCUT2D eigenvalue weighted by Gasteiger charge is -2.40. The van der Waals surface area contributed by atoms with Crippen LogP contribution in [-0.4, -0.2) is 39.7 Å². The normalized spacial score (nSPS) is 16.1. The molecule has 0 aliphatic carbocycles. The van der Waals surface area contributed by atoms with Gasteiger partial charge in [0.25, 0.3) is 5.91 Å². The van der Waals surface area contributed by atoms with Crippen LogP contribution >= 0.6 is 0 Å². The van der Waals surface area contributed by atoms with Gasteiger partial charge in [-0.25, -0.2) is 0 Å².